The van der Waals surface area contributed by atoms with E-state index in [1.807, 2.05) is 18.2 Å². The summed E-state index contributed by atoms with van der Waals surface area (Å²) >= 11 is 6.13. The van der Waals surface area contributed by atoms with Gasteiger partial charge in [-0.05, 0) is 31.0 Å². The minimum absolute atomic E-state index is 0.0560. The minimum Gasteiger partial charge on any atom is -0.368 e. The van der Waals surface area contributed by atoms with Crippen LogP contribution in [0.25, 0.3) is 11.0 Å². The Morgan fingerprint density at radius 3 is 3.00 bits per heavy atom. The predicted octanol–water partition coefficient (Wildman–Crippen LogP) is 2.69. The largest absolute Gasteiger partial charge is 0.368 e. The Hall–Kier alpha value is -1.10. The van der Waals surface area contributed by atoms with E-state index in [0.717, 1.165) is 41.6 Å². The summed E-state index contributed by atoms with van der Waals surface area (Å²) in [5.74, 6) is 1.05. The summed E-state index contributed by atoms with van der Waals surface area (Å²) in [6.45, 7) is 2.51. The number of hydrogen-bond acceptors (Lipinski definition) is 3. The molecule has 2 aliphatic rings. The highest BCUT2D eigenvalue weighted by Crippen LogP contribution is 2.41. The molecule has 1 atom stereocenters. The molecule has 0 bridgehead atoms. The molecule has 4 rings (SSSR count). The smallest absolute Gasteiger partial charge is 0.140 e. The van der Waals surface area contributed by atoms with Crippen molar-refractivity contribution in [3.05, 3.63) is 29.0 Å². The Morgan fingerprint density at radius 2 is 2.26 bits per heavy atom. The van der Waals surface area contributed by atoms with Crippen molar-refractivity contribution in [1.29, 1.82) is 0 Å². The Bertz CT molecular complexity index is 614. The Balaban J connectivity index is 1.86. The third-order valence-electron chi connectivity index (χ3n) is 3.81. The van der Waals surface area contributed by atoms with E-state index >= 15 is 0 Å². The molecule has 1 aliphatic heterocycles. The monoisotopic (exact) mass is 277 g/mol. The van der Waals surface area contributed by atoms with Crippen LogP contribution in [0, 0.1) is 0 Å². The van der Waals surface area contributed by atoms with Crippen LogP contribution >= 0.6 is 11.6 Å². The van der Waals surface area contributed by atoms with Gasteiger partial charge in [-0.2, -0.15) is 0 Å². The molecular formula is C14H16ClN3O. The quantitative estimate of drug-likeness (QED) is 0.917. The average molecular weight is 278 g/mol. The highest BCUT2D eigenvalue weighted by atomic mass is 35.5. The fraction of sp³-hybridized carbons (Fsp3) is 0.500. The standard InChI is InChI=1S/C14H16ClN3O/c15-9-1-4-11-12(7-9)18(10-2-3-10)14(17-11)13-8-16-5-6-19-13/h1,4,7,10,13,16H,2-3,5-6,8H2. The number of nitrogens with one attached hydrogen (secondary N) is 1. The Kier molecular flexibility index (Phi) is 2.76. The molecule has 1 aromatic heterocycles. The normalized spacial score (nSPS) is 23.9. The van der Waals surface area contributed by atoms with Gasteiger partial charge in [0.2, 0.25) is 0 Å². The van der Waals surface area contributed by atoms with Gasteiger partial charge in [0, 0.05) is 24.2 Å². The zero-order valence-corrected chi connectivity index (χ0v) is 11.4. The van der Waals surface area contributed by atoms with Gasteiger partial charge in [0.25, 0.3) is 0 Å². The van der Waals surface area contributed by atoms with Gasteiger partial charge in [0.05, 0.1) is 17.6 Å². The second-order valence-electron chi connectivity index (χ2n) is 5.27. The summed E-state index contributed by atoms with van der Waals surface area (Å²) in [5, 5.41) is 4.14. The van der Waals surface area contributed by atoms with Crippen LogP contribution in [0.3, 0.4) is 0 Å². The molecule has 4 nitrogen and oxygen atoms in total. The van der Waals surface area contributed by atoms with Crippen molar-refractivity contribution in [2.24, 2.45) is 0 Å². The van der Waals surface area contributed by atoms with Gasteiger partial charge >= 0.3 is 0 Å². The van der Waals surface area contributed by atoms with E-state index in [9.17, 15) is 0 Å². The number of rotatable bonds is 2. The first-order valence-corrected chi connectivity index (χ1v) is 7.20. The van der Waals surface area contributed by atoms with E-state index in [2.05, 4.69) is 9.88 Å². The van der Waals surface area contributed by atoms with E-state index in [0.29, 0.717) is 6.04 Å². The molecule has 0 amide bonds. The lowest BCUT2D eigenvalue weighted by Crippen LogP contribution is -2.34. The predicted molar refractivity (Wildman–Crippen MR) is 74.6 cm³/mol. The molecule has 100 valence electrons. The molecule has 0 radical (unpaired) electrons. The van der Waals surface area contributed by atoms with Crippen molar-refractivity contribution in [2.75, 3.05) is 19.7 Å². The van der Waals surface area contributed by atoms with Gasteiger partial charge in [-0.15, -0.1) is 0 Å². The van der Waals surface area contributed by atoms with Crippen molar-refractivity contribution < 1.29 is 4.74 Å². The summed E-state index contributed by atoms with van der Waals surface area (Å²) < 4.78 is 8.20. The van der Waals surface area contributed by atoms with Crippen molar-refractivity contribution in [2.45, 2.75) is 25.0 Å². The SMILES string of the molecule is Clc1ccc2nc(C3CNCCO3)n(C3CC3)c2c1. The van der Waals surface area contributed by atoms with Gasteiger partial charge in [-0.25, -0.2) is 4.98 Å². The van der Waals surface area contributed by atoms with Crippen LogP contribution < -0.4 is 5.32 Å². The number of benzene rings is 1. The number of fused-ring (bicyclic) bond motifs is 1. The maximum absolute atomic E-state index is 6.13. The first kappa shape index (κ1) is 11.7. The highest BCUT2D eigenvalue weighted by molar-refractivity contribution is 6.31. The van der Waals surface area contributed by atoms with Gasteiger partial charge in [0.15, 0.2) is 0 Å². The Labute approximate surface area is 116 Å². The van der Waals surface area contributed by atoms with Crippen LogP contribution in [0.15, 0.2) is 18.2 Å². The van der Waals surface area contributed by atoms with Crippen LogP contribution in [0.5, 0.6) is 0 Å². The molecule has 2 aromatic rings. The number of halogens is 1. The second-order valence-corrected chi connectivity index (χ2v) is 5.70. The Morgan fingerprint density at radius 1 is 1.37 bits per heavy atom. The molecule has 2 heterocycles. The third-order valence-corrected chi connectivity index (χ3v) is 4.04. The maximum atomic E-state index is 6.13. The first-order chi connectivity index (χ1) is 9.33. The number of nitrogens with zero attached hydrogens (tertiary/aromatic N) is 2. The molecule has 1 unspecified atom stereocenters. The summed E-state index contributed by atoms with van der Waals surface area (Å²) in [6, 6.07) is 6.49. The topological polar surface area (TPSA) is 39.1 Å². The summed E-state index contributed by atoms with van der Waals surface area (Å²) in [6.07, 6.45) is 2.51. The molecule has 2 fully saturated rings. The molecule has 1 aromatic carbocycles. The molecule has 1 saturated heterocycles. The highest BCUT2D eigenvalue weighted by Gasteiger charge is 2.32. The third kappa shape index (κ3) is 2.04. The number of ether oxygens (including phenoxy) is 1. The van der Waals surface area contributed by atoms with Crippen molar-refractivity contribution in [3.63, 3.8) is 0 Å². The molecule has 5 heteroatoms. The molecule has 1 aliphatic carbocycles. The first-order valence-electron chi connectivity index (χ1n) is 6.82. The average Bonchev–Trinajstić information content (AvgIpc) is 3.21. The summed E-state index contributed by atoms with van der Waals surface area (Å²) in [5.41, 5.74) is 2.15. The van der Waals surface area contributed by atoms with E-state index in [4.69, 9.17) is 21.3 Å². The molecule has 1 N–H and O–H groups in total. The number of hydrogen-bond donors (Lipinski definition) is 1. The number of imidazole rings is 1. The van der Waals surface area contributed by atoms with E-state index in [1.165, 1.54) is 12.8 Å². The van der Waals surface area contributed by atoms with Gasteiger partial charge in [0.1, 0.15) is 11.9 Å². The van der Waals surface area contributed by atoms with E-state index in [1.54, 1.807) is 0 Å². The van der Waals surface area contributed by atoms with Crippen molar-refractivity contribution >= 4 is 22.6 Å². The minimum atomic E-state index is 0.0560. The summed E-state index contributed by atoms with van der Waals surface area (Å²) in [4.78, 5) is 4.78. The second kappa shape index (κ2) is 4.47. The zero-order valence-electron chi connectivity index (χ0n) is 10.6. The summed E-state index contributed by atoms with van der Waals surface area (Å²) in [7, 11) is 0. The fourth-order valence-electron chi connectivity index (χ4n) is 2.76. The van der Waals surface area contributed by atoms with Crippen LogP contribution in [0.1, 0.15) is 30.8 Å². The number of aromatic nitrogens is 2. The molecular weight excluding hydrogens is 262 g/mol. The number of morpholine rings is 1. The van der Waals surface area contributed by atoms with Gasteiger partial charge < -0.3 is 14.6 Å². The van der Waals surface area contributed by atoms with E-state index < -0.39 is 0 Å². The van der Waals surface area contributed by atoms with Crippen LogP contribution in [-0.2, 0) is 4.74 Å². The van der Waals surface area contributed by atoms with Gasteiger partial charge in [-0.3, -0.25) is 0 Å². The van der Waals surface area contributed by atoms with Crippen LogP contribution in [0.4, 0.5) is 0 Å². The van der Waals surface area contributed by atoms with Crippen LogP contribution in [-0.4, -0.2) is 29.2 Å². The fourth-order valence-corrected chi connectivity index (χ4v) is 2.93. The molecule has 0 spiro atoms. The maximum Gasteiger partial charge on any atom is 0.140 e. The van der Waals surface area contributed by atoms with Crippen LogP contribution in [0.2, 0.25) is 5.02 Å². The van der Waals surface area contributed by atoms with Gasteiger partial charge in [-0.1, -0.05) is 11.6 Å². The lowest BCUT2D eigenvalue weighted by molar-refractivity contribution is 0.0202. The van der Waals surface area contributed by atoms with Crippen molar-refractivity contribution in [3.8, 4) is 0 Å². The molecule has 1 saturated carbocycles. The van der Waals surface area contributed by atoms with E-state index in [-0.39, 0.29) is 6.10 Å². The lowest BCUT2D eigenvalue weighted by atomic mass is 10.3. The zero-order chi connectivity index (χ0) is 12.8. The molecule has 19 heavy (non-hydrogen) atoms. The lowest BCUT2D eigenvalue weighted by Gasteiger charge is -2.24. The van der Waals surface area contributed by atoms with Crippen molar-refractivity contribution in [1.82, 2.24) is 14.9 Å².